The largest absolute Gasteiger partial charge is 0.505 e. The van der Waals surface area contributed by atoms with E-state index >= 15 is 0 Å². The summed E-state index contributed by atoms with van der Waals surface area (Å²) < 4.78 is 7.41. The molecule has 5 rings (SSSR count). The molecule has 0 fully saturated rings. The predicted octanol–water partition coefficient (Wildman–Crippen LogP) is 5.29. The number of benzene rings is 2. The number of anilines is 1. The molecule has 3 aromatic heterocycles. The standard InChI is InChI=1S/C24H18ClN5O3S/c1-2-3-12-6-13(8-26)18(27)7-16(12)22-29-23-19(15-4-5-17(25)20(31)21(15)34-23)24(32)30(22)10-14-9-28-11-33-14/h2-9,11,26,31H,10,27H2,1H3/b3-2+,26-8?. The molecule has 0 saturated heterocycles. The molecule has 3 heterocycles. The van der Waals surface area contributed by atoms with Gasteiger partial charge in [0.1, 0.15) is 16.4 Å². The van der Waals surface area contributed by atoms with Crippen molar-refractivity contribution in [3.63, 3.8) is 0 Å². The number of nitrogens with zero attached hydrogens (tertiary/aromatic N) is 3. The number of nitrogens with one attached hydrogen (secondary N) is 1. The van der Waals surface area contributed by atoms with Crippen molar-refractivity contribution in [1.82, 2.24) is 14.5 Å². The Hall–Kier alpha value is -3.95. The number of allylic oxidation sites excluding steroid dienone is 1. The molecule has 0 radical (unpaired) electrons. The minimum absolute atomic E-state index is 0.0842. The van der Waals surface area contributed by atoms with Gasteiger partial charge < -0.3 is 20.7 Å². The maximum Gasteiger partial charge on any atom is 0.263 e. The van der Waals surface area contributed by atoms with Crippen LogP contribution < -0.4 is 11.3 Å². The number of oxazole rings is 1. The van der Waals surface area contributed by atoms with Crippen molar-refractivity contribution in [2.75, 3.05) is 5.73 Å². The highest BCUT2D eigenvalue weighted by Gasteiger charge is 2.22. The molecule has 0 aliphatic heterocycles. The summed E-state index contributed by atoms with van der Waals surface area (Å²) in [5, 5.41) is 19.3. The zero-order chi connectivity index (χ0) is 24.0. The third kappa shape index (κ3) is 3.46. The van der Waals surface area contributed by atoms with Crippen LogP contribution in [0.5, 0.6) is 5.75 Å². The smallest absolute Gasteiger partial charge is 0.263 e. The summed E-state index contributed by atoms with van der Waals surface area (Å²) in [6, 6.07) is 6.76. The lowest BCUT2D eigenvalue weighted by Gasteiger charge is -2.15. The van der Waals surface area contributed by atoms with Gasteiger partial charge in [0, 0.05) is 28.4 Å². The molecule has 5 aromatic rings. The van der Waals surface area contributed by atoms with Gasteiger partial charge in [0.15, 0.2) is 12.1 Å². The maximum atomic E-state index is 13.9. The fraction of sp³-hybridized carbons (Fsp3) is 0.0833. The first kappa shape index (κ1) is 21.9. The number of fused-ring (bicyclic) bond motifs is 3. The van der Waals surface area contributed by atoms with Gasteiger partial charge in [-0.1, -0.05) is 29.8 Å². The number of phenols is 1. The third-order valence-electron chi connectivity index (χ3n) is 5.48. The van der Waals surface area contributed by atoms with Gasteiger partial charge in [0.25, 0.3) is 5.56 Å². The molecular formula is C24H18ClN5O3S. The predicted molar refractivity (Wildman–Crippen MR) is 136 cm³/mol. The zero-order valence-electron chi connectivity index (χ0n) is 17.9. The summed E-state index contributed by atoms with van der Waals surface area (Å²) in [6.45, 7) is 1.97. The molecule has 0 bridgehead atoms. The van der Waals surface area contributed by atoms with Crippen molar-refractivity contribution in [1.29, 1.82) is 5.41 Å². The number of halogens is 1. The molecule has 0 saturated carbocycles. The summed E-state index contributed by atoms with van der Waals surface area (Å²) in [5.41, 5.74) is 8.23. The first-order valence-electron chi connectivity index (χ1n) is 10.2. The van der Waals surface area contributed by atoms with Crippen molar-refractivity contribution in [2.24, 2.45) is 0 Å². The average Bonchev–Trinajstić information content (AvgIpc) is 3.47. The first-order chi connectivity index (χ1) is 16.4. The minimum Gasteiger partial charge on any atom is -0.505 e. The zero-order valence-corrected chi connectivity index (χ0v) is 19.4. The molecule has 0 spiro atoms. The number of thiophene rings is 1. The molecule has 0 atom stereocenters. The Labute approximate surface area is 202 Å². The molecule has 8 nitrogen and oxygen atoms in total. The molecule has 34 heavy (non-hydrogen) atoms. The van der Waals surface area contributed by atoms with Crippen LogP contribution in [0.3, 0.4) is 0 Å². The van der Waals surface area contributed by atoms with Crippen molar-refractivity contribution in [3.05, 3.63) is 75.2 Å². The quantitative estimate of drug-likeness (QED) is 0.226. The molecule has 4 N–H and O–H groups in total. The van der Waals surface area contributed by atoms with Crippen LogP contribution in [0.4, 0.5) is 5.69 Å². The number of hydrogen-bond acceptors (Lipinski definition) is 8. The molecule has 0 aliphatic rings. The highest BCUT2D eigenvalue weighted by Crippen LogP contribution is 2.41. The Morgan fingerprint density at radius 1 is 1.32 bits per heavy atom. The molecule has 0 unspecified atom stereocenters. The van der Waals surface area contributed by atoms with Crippen LogP contribution >= 0.6 is 22.9 Å². The van der Waals surface area contributed by atoms with Crippen LogP contribution in [-0.2, 0) is 6.54 Å². The Morgan fingerprint density at radius 2 is 2.15 bits per heavy atom. The molecule has 170 valence electrons. The first-order valence-corrected chi connectivity index (χ1v) is 11.4. The van der Waals surface area contributed by atoms with E-state index < -0.39 is 0 Å². The van der Waals surface area contributed by atoms with Crippen LogP contribution in [0.1, 0.15) is 23.8 Å². The minimum atomic E-state index is -0.300. The van der Waals surface area contributed by atoms with Gasteiger partial charge in [-0.15, -0.1) is 11.3 Å². The second-order valence-corrected chi connectivity index (χ2v) is 8.97. The Kier molecular flexibility index (Phi) is 5.43. The molecule has 0 amide bonds. The lowest BCUT2D eigenvalue weighted by Crippen LogP contribution is -2.24. The van der Waals surface area contributed by atoms with E-state index in [1.54, 1.807) is 24.3 Å². The highest BCUT2D eigenvalue weighted by molar-refractivity contribution is 7.25. The van der Waals surface area contributed by atoms with Gasteiger partial charge in [-0.3, -0.25) is 9.36 Å². The summed E-state index contributed by atoms with van der Waals surface area (Å²) >= 11 is 7.30. The van der Waals surface area contributed by atoms with Crippen molar-refractivity contribution >= 4 is 61.2 Å². The second-order valence-electron chi connectivity index (χ2n) is 7.56. The van der Waals surface area contributed by atoms with Crippen LogP contribution in [0, 0.1) is 5.41 Å². The average molecular weight is 492 g/mol. The van der Waals surface area contributed by atoms with Crippen LogP contribution in [0.15, 0.2) is 52.1 Å². The molecular weight excluding hydrogens is 474 g/mol. The van der Waals surface area contributed by atoms with Crippen molar-refractivity contribution < 1.29 is 9.52 Å². The highest BCUT2D eigenvalue weighted by atomic mass is 35.5. The third-order valence-corrected chi connectivity index (χ3v) is 6.89. The Balaban J connectivity index is 1.90. The topological polar surface area (TPSA) is 131 Å². The Morgan fingerprint density at radius 3 is 2.85 bits per heavy atom. The van der Waals surface area contributed by atoms with Crippen molar-refractivity contribution in [3.8, 4) is 17.1 Å². The van der Waals surface area contributed by atoms with Crippen LogP contribution in [0.25, 0.3) is 37.8 Å². The fourth-order valence-electron chi connectivity index (χ4n) is 3.90. The molecule has 2 aromatic carbocycles. The van der Waals surface area contributed by atoms with E-state index in [4.69, 9.17) is 32.1 Å². The van der Waals surface area contributed by atoms with E-state index in [1.165, 1.54) is 34.7 Å². The molecule has 10 heteroatoms. The van der Waals surface area contributed by atoms with E-state index in [2.05, 4.69) is 4.98 Å². The van der Waals surface area contributed by atoms with Gasteiger partial charge in [-0.05, 0) is 30.7 Å². The number of hydrogen-bond donors (Lipinski definition) is 3. The SMILES string of the molecule is C/C=C/c1cc(C=N)c(N)cc1-c1nc2sc3c(O)c(Cl)ccc3c2c(=O)n1Cc1cnco1. The monoisotopic (exact) mass is 491 g/mol. The summed E-state index contributed by atoms with van der Waals surface area (Å²) in [5.74, 6) is 0.771. The van der Waals surface area contributed by atoms with E-state index in [-0.39, 0.29) is 22.9 Å². The van der Waals surface area contributed by atoms with E-state index in [9.17, 15) is 9.90 Å². The number of nitrogen functional groups attached to an aromatic ring is 1. The maximum absolute atomic E-state index is 13.9. The number of aromatic nitrogens is 3. The van der Waals surface area contributed by atoms with E-state index in [0.29, 0.717) is 48.7 Å². The van der Waals surface area contributed by atoms with Gasteiger partial charge in [0.05, 0.1) is 27.9 Å². The fourth-order valence-corrected chi connectivity index (χ4v) is 5.22. The van der Waals surface area contributed by atoms with Crippen LogP contribution in [0.2, 0.25) is 5.02 Å². The number of phenolic OH excluding ortho intramolecular Hbond substituents is 1. The van der Waals surface area contributed by atoms with Gasteiger partial charge in [-0.25, -0.2) is 9.97 Å². The van der Waals surface area contributed by atoms with E-state index in [1.807, 2.05) is 19.1 Å². The lowest BCUT2D eigenvalue weighted by molar-refractivity contribution is 0.482. The van der Waals surface area contributed by atoms with Gasteiger partial charge in [-0.2, -0.15) is 0 Å². The van der Waals surface area contributed by atoms with Gasteiger partial charge in [0.2, 0.25) is 0 Å². The number of rotatable bonds is 5. The second kappa shape index (κ2) is 8.44. The van der Waals surface area contributed by atoms with Crippen molar-refractivity contribution in [2.45, 2.75) is 13.5 Å². The number of aromatic hydroxyl groups is 1. The summed E-state index contributed by atoms with van der Waals surface area (Å²) in [7, 11) is 0. The normalized spacial score (nSPS) is 11.7. The lowest BCUT2D eigenvalue weighted by atomic mass is 10.0. The van der Waals surface area contributed by atoms with Crippen LogP contribution in [-0.4, -0.2) is 25.9 Å². The Bertz CT molecular complexity index is 1670. The number of nitrogens with two attached hydrogens (primary N) is 1. The summed E-state index contributed by atoms with van der Waals surface area (Å²) in [6.07, 6.45) is 7.75. The van der Waals surface area contributed by atoms with Gasteiger partial charge >= 0.3 is 0 Å². The molecule has 0 aliphatic carbocycles. The van der Waals surface area contributed by atoms with E-state index in [0.717, 1.165) is 5.56 Å². The summed E-state index contributed by atoms with van der Waals surface area (Å²) in [4.78, 5) is 23.1.